The average Bonchev–Trinajstić information content (AvgIpc) is 2.64. The molecule has 17 heavy (non-hydrogen) atoms. The Morgan fingerprint density at radius 1 is 1.24 bits per heavy atom. The van der Waals surface area contributed by atoms with Crippen LogP contribution in [0.25, 0.3) is 0 Å². The summed E-state index contributed by atoms with van der Waals surface area (Å²) in [6, 6.07) is 4.18. The molecule has 2 atom stereocenters. The van der Waals surface area contributed by atoms with Crippen LogP contribution in [0.2, 0.25) is 0 Å². The molecule has 1 aromatic rings. The van der Waals surface area contributed by atoms with Gasteiger partial charge in [-0.2, -0.15) is 0 Å². The molecule has 1 fully saturated rings. The van der Waals surface area contributed by atoms with Gasteiger partial charge in [0, 0.05) is 13.1 Å². The first-order valence-corrected chi connectivity index (χ1v) is 6.62. The predicted molar refractivity (Wildman–Crippen MR) is 69.7 cm³/mol. The van der Waals surface area contributed by atoms with Crippen molar-refractivity contribution in [3.05, 3.63) is 23.7 Å². The lowest BCUT2D eigenvalue weighted by molar-refractivity contribution is 0.125. The third-order valence-electron chi connectivity index (χ3n) is 3.39. The Hall–Kier alpha value is -0.800. The second kappa shape index (κ2) is 5.69. The van der Waals surface area contributed by atoms with Crippen LogP contribution < -0.4 is 5.32 Å². The molecule has 3 heteroatoms. The van der Waals surface area contributed by atoms with Gasteiger partial charge in [-0.05, 0) is 37.4 Å². The Kier molecular flexibility index (Phi) is 4.24. The smallest absolute Gasteiger partial charge is 0.118 e. The molecule has 1 aliphatic rings. The van der Waals surface area contributed by atoms with E-state index in [-0.39, 0.29) is 0 Å². The second-order valence-corrected chi connectivity index (χ2v) is 5.54. The maximum absolute atomic E-state index is 5.79. The van der Waals surface area contributed by atoms with Gasteiger partial charge in [-0.25, -0.2) is 0 Å². The van der Waals surface area contributed by atoms with Crippen LogP contribution in [0.15, 0.2) is 16.5 Å². The highest BCUT2D eigenvalue weighted by atomic mass is 16.3. The first-order valence-electron chi connectivity index (χ1n) is 6.62. The Bertz CT molecular complexity index is 338. The van der Waals surface area contributed by atoms with Gasteiger partial charge in [0.1, 0.15) is 11.5 Å². The monoisotopic (exact) mass is 236 g/mol. The van der Waals surface area contributed by atoms with E-state index < -0.39 is 0 Å². The number of nitrogens with one attached hydrogen (secondary N) is 1. The average molecular weight is 236 g/mol. The Balaban J connectivity index is 1.90. The van der Waals surface area contributed by atoms with Gasteiger partial charge in [0.05, 0.1) is 13.1 Å². The Morgan fingerprint density at radius 3 is 2.53 bits per heavy atom. The summed E-state index contributed by atoms with van der Waals surface area (Å²) in [5, 5.41) is 3.11. The van der Waals surface area contributed by atoms with Crippen molar-refractivity contribution in [2.24, 2.45) is 11.8 Å². The molecule has 0 spiro atoms. The molecule has 1 aromatic heterocycles. The van der Waals surface area contributed by atoms with Crippen LogP contribution in [0.1, 0.15) is 31.8 Å². The molecule has 1 N–H and O–H groups in total. The van der Waals surface area contributed by atoms with E-state index >= 15 is 0 Å². The van der Waals surface area contributed by atoms with Crippen molar-refractivity contribution in [2.45, 2.75) is 33.4 Å². The molecule has 2 unspecified atom stereocenters. The standard InChI is InChI=1S/C14H24N2O/c1-11-6-12(2)9-16(8-11)10-14-5-4-13(17-14)7-15-3/h4-5,11-12,15H,6-10H2,1-3H3. The minimum atomic E-state index is 0.811. The number of hydrogen-bond acceptors (Lipinski definition) is 3. The van der Waals surface area contributed by atoms with E-state index in [9.17, 15) is 0 Å². The summed E-state index contributed by atoms with van der Waals surface area (Å²) in [6.07, 6.45) is 1.36. The highest BCUT2D eigenvalue weighted by Crippen LogP contribution is 2.22. The first kappa shape index (κ1) is 12.7. The number of rotatable bonds is 4. The van der Waals surface area contributed by atoms with Gasteiger partial charge in [0.25, 0.3) is 0 Å². The maximum atomic E-state index is 5.79. The predicted octanol–water partition coefficient (Wildman–Crippen LogP) is 2.48. The van der Waals surface area contributed by atoms with Crippen LogP contribution in [0, 0.1) is 11.8 Å². The molecule has 96 valence electrons. The molecule has 0 aromatic carbocycles. The highest BCUT2D eigenvalue weighted by Gasteiger charge is 2.22. The summed E-state index contributed by atoms with van der Waals surface area (Å²) in [4.78, 5) is 2.51. The van der Waals surface area contributed by atoms with Crippen molar-refractivity contribution in [1.82, 2.24) is 10.2 Å². The molecule has 3 nitrogen and oxygen atoms in total. The quantitative estimate of drug-likeness (QED) is 0.870. The van der Waals surface area contributed by atoms with E-state index in [4.69, 9.17) is 4.42 Å². The summed E-state index contributed by atoms with van der Waals surface area (Å²) in [7, 11) is 1.94. The molecule has 0 saturated carbocycles. The lowest BCUT2D eigenvalue weighted by atomic mass is 9.92. The van der Waals surface area contributed by atoms with Gasteiger partial charge in [-0.3, -0.25) is 4.90 Å². The number of likely N-dealkylation sites (tertiary alicyclic amines) is 1. The topological polar surface area (TPSA) is 28.4 Å². The van der Waals surface area contributed by atoms with Crippen molar-refractivity contribution < 1.29 is 4.42 Å². The number of piperidine rings is 1. The van der Waals surface area contributed by atoms with Gasteiger partial charge in [-0.15, -0.1) is 0 Å². The van der Waals surface area contributed by atoms with Crippen molar-refractivity contribution in [1.29, 1.82) is 0 Å². The Labute approximate surface area is 104 Å². The number of hydrogen-bond donors (Lipinski definition) is 1. The van der Waals surface area contributed by atoms with Gasteiger partial charge in [0.2, 0.25) is 0 Å². The van der Waals surface area contributed by atoms with Gasteiger partial charge in [-0.1, -0.05) is 13.8 Å². The van der Waals surface area contributed by atoms with Crippen molar-refractivity contribution in [3.8, 4) is 0 Å². The van der Waals surface area contributed by atoms with E-state index in [1.54, 1.807) is 0 Å². The lowest BCUT2D eigenvalue weighted by Gasteiger charge is -2.34. The van der Waals surface area contributed by atoms with Crippen molar-refractivity contribution >= 4 is 0 Å². The molecule has 1 saturated heterocycles. The fraction of sp³-hybridized carbons (Fsp3) is 0.714. The minimum Gasteiger partial charge on any atom is -0.463 e. The zero-order valence-electron chi connectivity index (χ0n) is 11.2. The summed E-state index contributed by atoms with van der Waals surface area (Å²) in [5.74, 6) is 3.74. The van der Waals surface area contributed by atoms with E-state index in [0.717, 1.165) is 36.4 Å². The summed E-state index contributed by atoms with van der Waals surface area (Å²) >= 11 is 0. The molecule has 2 heterocycles. The molecule has 0 amide bonds. The summed E-state index contributed by atoms with van der Waals surface area (Å²) < 4.78 is 5.79. The zero-order valence-corrected chi connectivity index (χ0v) is 11.2. The summed E-state index contributed by atoms with van der Waals surface area (Å²) in [6.45, 7) is 8.86. The molecular formula is C14H24N2O. The van der Waals surface area contributed by atoms with Crippen LogP contribution in [0.5, 0.6) is 0 Å². The van der Waals surface area contributed by atoms with Crippen molar-refractivity contribution in [3.63, 3.8) is 0 Å². The van der Waals surface area contributed by atoms with Crippen LogP contribution in [0.3, 0.4) is 0 Å². The van der Waals surface area contributed by atoms with E-state index in [1.807, 2.05) is 7.05 Å². The molecule has 0 bridgehead atoms. The normalized spacial score (nSPS) is 26.3. The minimum absolute atomic E-state index is 0.811. The zero-order chi connectivity index (χ0) is 12.3. The van der Waals surface area contributed by atoms with Gasteiger partial charge < -0.3 is 9.73 Å². The summed E-state index contributed by atoms with van der Waals surface area (Å²) in [5.41, 5.74) is 0. The first-order chi connectivity index (χ1) is 8.17. The highest BCUT2D eigenvalue weighted by molar-refractivity contribution is 5.07. The molecule has 0 radical (unpaired) electrons. The van der Waals surface area contributed by atoms with Crippen LogP contribution in [-0.4, -0.2) is 25.0 Å². The SMILES string of the molecule is CNCc1ccc(CN2CC(C)CC(C)C2)o1. The van der Waals surface area contributed by atoms with E-state index in [1.165, 1.54) is 19.5 Å². The van der Waals surface area contributed by atoms with Crippen LogP contribution in [-0.2, 0) is 13.1 Å². The largest absolute Gasteiger partial charge is 0.463 e. The van der Waals surface area contributed by atoms with Crippen molar-refractivity contribution in [2.75, 3.05) is 20.1 Å². The van der Waals surface area contributed by atoms with E-state index in [0.29, 0.717) is 0 Å². The molecular weight excluding hydrogens is 212 g/mol. The third-order valence-corrected chi connectivity index (χ3v) is 3.39. The molecule has 2 rings (SSSR count). The van der Waals surface area contributed by atoms with Gasteiger partial charge in [0.15, 0.2) is 0 Å². The van der Waals surface area contributed by atoms with Crippen LogP contribution >= 0.6 is 0 Å². The molecule has 0 aliphatic carbocycles. The van der Waals surface area contributed by atoms with E-state index in [2.05, 4.69) is 36.2 Å². The third kappa shape index (κ3) is 3.58. The number of furan rings is 1. The Morgan fingerprint density at radius 2 is 1.88 bits per heavy atom. The second-order valence-electron chi connectivity index (χ2n) is 5.54. The molecule has 1 aliphatic heterocycles. The lowest BCUT2D eigenvalue weighted by Crippen LogP contribution is -2.37. The fourth-order valence-electron chi connectivity index (χ4n) is 2.92. The van der Waals surface area contributed by atoms with Gasteiger partial charge >= 0.3 is 0 Å². The fourth-order valence-corrected chi connectivity index (χ4v) is 2.92. The maximum Gasteiger partial charge on any atom is 0.118 e. The number of nitrogens with zero attached hydrogens (tertiary/aromatic N) is 1. The van der Waals surface area contributed by atoms with Crippen LogP contribution in [0.4, 0.5) is 0 Å².